The van der Waals surface area contributed by atoms with Gasteiger partial charge in [0.1, 0.15) is 0 Å². The zero-order valence-electron chi connectivity index (χ0n) is 7.02. The smallest absolute Gasteiger partial charge is 0.191 e. The zero-order valence-corrected chi connectivity index (χ0v) is 7.02. The monoisotopic (exact) mass is 157 g/mol. The van der Waals surface area contributed by atoms with Crippen LogP contribution in [0.4, 0.5) is 0 Å². The minimum Gasteiger partial charge on any atom is -0.389 e. The van der Waals surface area contributed by atoms with Gasteiger partial charge in [0, 0.05) is 13.1 Å². The molecular weight excluding hydrogens is 142 g/mol. The van der Waals surface area contributed by atoms with Crippen molar-refractivity contribution >= 4 is 5.96 Å². The Morgan fingerprint density at radius 1 is 1.73 bits per heavy atom. The number of rotatable bonds is 2. The summed E-state index contributed by atoms with van der Waals surface area (Å²) in [6, 6.07) is 0. The standard InChI is InChI=1S/C7H15N3O/c1-7(2,11)5-10-6-8-3-4-9-6/h11H,3-5H2,1-2H3,(H2,8,9,10). The second-order valence-electron chi connectivity index (χ2n) is 3.32. The van der Waals surface area contributed by atoms with Crippen LogP contribution in [0.1, 0.15) is 13.8 Å². The summed E-state index contributed by atoms with van der Waals surface area (Å²) in [7, 11) is 0. The lowest BCUT2D eigenvalue weighted by molar-refractivity contribution is 0.0847. The van der Waals surface area contributed by atoms with Crippen molar-refractivity contribution in [2.75, 3.05) is 19.6 Å². The number of hydrogen-bond acceptors (Lipinski definition) is 4. The molecule has 0 spiro atoms. The molecule has 0 amide bonds. The van der Waals surface area contributed by atoms with Crippen LogP contribution in [0.5, 0.6) is 0 Å². The molecule has 4 nitrogen and oxygen atoms in total. The zero-order chi connectivity index (χ0) is 8.32. The Morgan fingerprint density at radius 3 is 2.91 bits per heavy atom. The van der Waals surface area contributed by atoms with Crippen LogP contribution in [0.2, 0.25) is 0 Å². The van der Waals surface area contributed by atoms with Crippen LogP contribution in [-0.4, -0.2) is 36.3 Å². The van der Waals surface area contributed by atoms with Crippen LogP contribution < -0.4 is 10.6 Å². The van der Waals surface area contributed by atoms with Gasteiger partial charge in [-0.2, -0.15) is 0 Å². The number of aliphatic hydroxyl groups is 1. The molecule has 3 N–H and O–H groups in total. The van der Waals surface area contributed by atoms with E-state index in [1.807, 2.05) is 0 Å². The van der Waals surface area contributed by atoms with Crippen molar-refractivity contribution in [3.05, 3.63) is 0 Å². The third-order valence-corrected chi connectivity index (χ3v) is 1.36. The highest BCUT2D eigenvalue weighted by atomic mass is 16.3. The topological polar surface area (TPSA) is 56.6 Å². The molecule has 0 bridgehead atoms. The normalized spacial score (nSPS) is 17.5. The van der Waals surface area contributed by atoms with Crippen LogP contribution in [0.15, 0.2) is 4.99 Å². The van der Waals surface area contributed by atoms with Crippen molar-refractivity contribution in [3.8, 4) is 0 Å². The van der Waals surface area contributed by atoms with E-state index in [9.17, 15) is 5.11 Å². The first-order valence-electron chi connectivity index (χ1n) is 3.82. The average molecular weight is 157 g/mol. The third-order valence-electron chi connectivity index (χ3n) is 1.36. The number of hydrogen-bond donors (Lipinski definition) is 3. The Labute approximate surface area is 66.7 Å². The number of nitrogens with zero attached hydrogens (tertiary/aromatic N) is 1. The van der Waals surface area contributed by atoms with Crippen LogP contribution in [-0.2, 0) is 0 Å². The molecule has 0 saturated carbocycles. The maximum atomic E-state index is 9.33. The summed E-state index contributed by atoms with van der Waals surface area (Å²) >= 11 is 0. The summed E-state index contributed by atoms with van der Waals surface area (Å²) < 4.78 is 0. The summed E-state index contributed by atoms with van der Waals surface area (Å²) in [6.07, 6.45) is 0. The highest BCUT2D eigenvalue weighted by Crippen LogP contribution is 1.97. The van der Waals surface area contributed by atoms with Crippen molar-refractivity contribution in [3.63, 3.8) is 0 Å². The molecule has 0 aromatic carbocycles. The van der Waals surface area contributed by atoms with Gasteiger partial charge < -0.3 is 15.7 Å². The minimum absolute atomic E-state index is 0.527. The molecule has 4 heteroatoms. The molecule has 0 aromatic rings. The average Bonchev–Trinajstić information content (AvgIpc) is 2.32. The van der Waals surface area contributed by atoms with Crippen molar-refractivity contribution in [1.82, 2.24) is 10.6 Å². The lowest BCUT2D eigenvalue weighted by Gasteiger charge is -2.18. The minimum atomic E-state index is -0.674. The second-order valence-corrected chi connectivity index (χ2v) is 3.32. The second kappa shape index (κ2) is 3.09. The van der Waals surface area contributed by atoms with E-state index in [1.165, 1.54) is 0 Å². The van der Waals surface area contributed by atoms with E-state index in [0.29, 0.717) is 6.54 Å². The van der Waals surface area contributed by atoms with Crippen LogP contribution in [0.3, 0.4) is 0 Å². The van der Waals surface area contributed by atoms with E-state index in [2.05, 4.69) is 15.6 Å². The van der Waals surface area contributed by atoms with E-state index in [-0.39, 0.29) is 0 Å². The number of guanidine groups is 1. The molecule has 1 heterocycles. The number of nitrogens with one attached hydrogen (secondary N) is 2. The Morgan fingerprint density at radius 2 is 2.45 bits per heavy atom. The van der Waals surface area contributed by atoms with Crippen molar-refractivity contribution < 1.29 is 5.11 Å². The van der Waals surface area contributed by atoms with Gasteiger partial charge in [0.15, 0.2) is 5.96 Å². The fourth-order valence-electron chi connectivity index (χ4n) is 0.816. The fourth-order valence-corrected chi connectivity index (χ4v) is 0.816. The van der Waals surface area contributed by atoms with Crippen molar-refractivity contribution in [1.29, 1.82) is 0 Å². The van der Waals surface area contributed by atoms with E-state index in [1.54, 1.807) is 13.8 Å². The lowest BCUT2D eigenvalue weighted by Crippen LogP contribution is -2.42. The van der Waals surface area contributed by atoms with Crippen LogP contribution >= 0.6 is 0 Å². The van der Waals surface area contributed by atoms with Gasteiger partial charge in [-0.1, -0.05) is 0 Å². The molecular formula is C7H15N3O. The summed E-state index contributed by atoms with van der Waals surface area (Å²) in [6.45, 7) is 5.77. The Hall–Kier alpha value is -0.770. The summed E-state index contributed by atoms with van der Waals surface area (Å²) in [5, 5.41) is 15.4. The van der Waals surface area contributed by atoms with Gasteiger partial charge in [-0.15, -0.1) is 0 Å². The Balaban J connectivity index is 2.22. The van der Waals surface area contributed by atoms with Gasteiger partial charge in [-0.25, -0.2) is 0 Å². The van der Waals surface area contributed by atoms with Gasteiger partial charge in [-0.05, 0) is 13.8 Å². The number of aliphatic imine (C=N–C) groups is 1. The highest BCUT2D eigenvalue weighted by Gasteiger charge is 2.13. The molecule has 0 atom stereocenters. The van der Waals surface area contributed by atoms with Crippen molar-refractivity contribution in [2.24, 2.45) is 4.99 Å². The molecule has 1 aliphatic heterocycles. The van der Waals surface area contributed by atoms with E-state index >= 15 is 0 Å². The first-order valence-corrected chi connectivity index (χ1v) is 3.82. The van der Waals surface area contributed by atoms with Crippen LogP contribution in [0, 0.1) is 0 Å². The largest absolute Gasteiger partial charge is 0.389 e. The quantitative estimate of drug-likeness (QED) is 0.497. The van der Waals surface area contributed by atoms with Gasteiger partial charge >= 0.3 is 0 Å². The predicted octanol–water partition coefficient (Wildman–Crippen LogP) is -0.694. The summed E-state index contributed by atoms with van der Waals surface area (Å²) in [4.78, 5) is 4.12. The van der Waals surface area contributed by atoms with E-state index < -0.39 is 5.60 Å². The SMILES string of the molecule is CC(C)(O)CNC1=NCCN1. The molecule has 11 heavy (non-hydrogen) atoms. The van der Waals surface area contributed by atoms with Gasteiger partial charge in [0.2, 0.25) is 0 Å². The highest BCUT2D eigenvalue weighted by molar-refractivity contribution is 5.81. The van der Waals surface area contributed by atoms with Gasteiger partial charge in [0.05, 0.1) is 12.1 Å². The molecule has 0 radical (unpaired) electrons. The summed E-state index contributed by atoms with van der Waals surface area (Å²) in [5.41, 5.74) is -0.674. The third kappa shape index (κ3) is 3.23. The Bertz CT molecular complexity index is 160. The summed E-state index contributed by atoms with van der Waals surface area (Å²) in [5.74, 6) is 0.798. The maximum absolute atomic E-state index is 9.33. The first-order chi connectivity index (χ1) is 5.08. The first kappa shape index (κ1) is 8.33. The molecule has 64 valence electrons. The molecule has 0 unspecified atom stereocenters. The van der Waals surface area contributed by atoms with Crippen LogP contribution in [0.25, 0.3) is 0 Å². The molecule has 0 saturated heterocycles. The molecule has 0 aliphatic carbocycles. The molecule has 0 aromatic heterocycles. The fraction of sp³-hybridized carbons (Fsp3) is 0.857. The maximum Gasteiger partial charge on any atom is 0.191 e. The molecule has 0 fully saturated rings. The molecule has 1 rings (SSSR count). The van der Waals surface area contributed by atoms with Crippen molar-refractivity contribution in [2.45, 2.75) is 19.4 Å². The van der Waals surface area contributed by atoms with Gasteiger partial charge in [-0.3, -0.25) is 4.99 Å². The van der Waals surface area contributed by atoms with E-state index in [4.69, 9.17) is 0 Å². The molecule has 1 aliphatic rings. The predicted molar refractivity (Wildman–Crippen MR) is 44.6 cm³/mol. The lowest BCUT2D eigenvalue weighted by atomic mass is 10.1. The van der Waals surface area contributed by atoms with Gasteiger partial charge in [0.25, 0.3) is 0 Å². The van der Waals surface area contributed by atoms with E-state index in [0.717, 1.165) is 19.0 Å². The Kier molecular flexibility index (Phi) is 2.34.